The van der Waals surface area contributed by atoms with Crippen LogP contribution in [0.1, 0.15) is 87.3 Å². The first-order chi connectivity index (χ1) is 26.4. The molecule has 3 heterocycles. The Morgan fingerprint density at radius 3 is 2.36 bits per heavy atom. The molecule has 2 aliphatic heterocycles. The van der Waals surface area contributed by atoms with Gasteiger partial charge in [-0.25, -0.2) is 9.59 Å². The molecule has 0 radical (unpaired) electrons. The van der Waals surface area contributed by atoms with Crippen molar-refractivity contribution in [3.05, 3.63) is 86.9 Å². The Hall–Kier alpha value is -4.11. The van der Waals surface area contributed by atoms with Crippen LogP contribution in [0.2, 0.25) is 0 Å². The van der Waals surface area contributed by atoms with Crippen LogP contribution >= 0.6 is 11.3 Å². The van der Waals surface area contributed by atoms with Gasteiger partial charge in [0.05, 0.1) is 57.8 Å². The van der Waals surface area contributed by atoms with Crippen molar-refractivity contribution in [2.24, 2.45) is 10.9 Å². The van der Waals surface area contributed by atoms with Crippen molar-refractivity contribution in [2.75, 3.05) is 40.5 Å². The summed E-state index contributed by atoms with van der Waals surface area (Å²) in [6, 6.07) is 1.03. The summed E-state index contributed by atoms with van der Waals surface area (Å²) in [6.45, 7) is 14.2. The quantitative estimate of drug-likeness (QED) is 0.0389. The number of thiophene rings is 1. The van der Waals surface area contributed by atoms with Crippen LogP contribution in [0.25, 0.3) is 5.57 Å². The van der Waals surface area contributed by atoms with Crippen molar-refractivity contribution in [2.45, 2.75) is 98.6 Å². The molecule has 56 heavy (non-hydrogen) atoms. The van der Waals surface area contributed by atoms with Crippen LogP contribution in [-0.4, -0.2) is 92.6 Å². The first-order valence-electron chi connectivity index (χ1n) is 18.6. The number of allylic oxidation sites excluding steroid dienone is 9. The van der Waals surface area contributed by atoms with E-state index in [4.69, 9.17) is 19.2 Å². The van der Waals surface area contributed by atoms with E-state index in [0.29, 0.717) is 29.3 Å². The van der Waals surface area contributed by atoms with Crippen LogP contribution in [0.5, 0.6) is 0 Å². The molecule has 1 amide bonds. The SMILES string of the molecule is C/C=C(\CC(/C=C(\C)C1OC(=O)N(CC(=N/CN2CCC2)/C(=C\CC)/C=C/C(=C\C=C\OC)c2sc(C(=O)OC)cc2C)C1C)C(F)(F)F)CC(F)(F)F.CC. The second kappa shape index (κ2) is 22.6. The van der Waals surface area contributed by atoms with Crippen molar-refractivity contribution in [3.8, 4) is 0 Å². The molecule has 0 N–H and O–H groups in total. The highest BCUT2D eigenvalue weighted by atomic mass is 32.1. The van der Waals surface area contributed by atoms with Gasteiger partial charge in [0, 0.05) is 18.0 Å². The first-order valence-corrected chi connectivity index (χ1v) is 19.4. The van der Waals surface area contributed by atoms with Crippen LogP contribution in [0.3, 0.4) is 0 Å². The lowest BCUT2D eigenvalue weighted by Gasteiger charge is -2.29. The standard InChI is InChI=1S/C39H49F6N3O5S.C2H6/c1-8-12-29(14-15-30(13-10-18-51-6)35-26(4)20-33(54-35)36(49)52-7)32(46-24-47-16-11-17-47)23-48-27(5)34(53-37(48)50)25(3)19-31(39(43,44)45)21-28(9-2)22-38(40,41)42;1-2/h9-10,12-15,18-20,27,31,34H,8,11,16-17,21-24H2,1-7H3;1-2H3/b15-14+,18-10+,25-19+,28-9+,29-12-,30-13+,46-32-;. The highest BCUT2D eigenvalue weighted by Gasteiger charge is 2.44. The number of esters is 1. The summed E-state index contributed by atoms with van der Waals surface area (Å²) in [5.74, 6) is -2.66. The minimum Gasteiger partial charge on any atom is -0.504 e. The molecule has 3 atom stereocenters. The number of hydrogen-bond acceptors (Lipinski definition) is 8. The molecular weight excluding hydrogens is 761 g/mol. The summed E-state index contributed by atoms with van der Waals surface area (Å²) in [6.07, 6.45) is 0.699. The molecule has 0 aromatic carbocycles. The minimum atomic E-state index is -4.83. The van der Waals surface area contributed by atoms with E-state index in [2.05, 4.69) is 4.90 Å². The summed E-state index contributed by atoms with van der Waals surface area (Å²) < 4.78 is 97.2. The zero-order valence-corrected chi connectivity index (χ0v) is 34.5. The van der Waals surface area contributed by atoms with Gasteiger partial charge in [0.2, 0.25) is 0 Å². The molecule has 1 aromatic rings. The number of alkyl halides is 6. The number of carbonyl (C=O) groups excluding carboxylic acids is 2. The second-order valence-electron chi connectivity index (χ2n) is 13.1. The van der Waals surface area contributed by atoms with Gasteiger partial charge in [0.1, 0.15) is 11.0 Å². The van der Waals surface area contributed by atoms with E-state index in [9.17, 15) is 35.9 Å². The lowest BCUT2D eigenvalue weighted by atomic mass is 9.92. The van der Waals surface area contributed by atoms with Crippen LogP contribution in [-0.2, 0) is 14.2 Å². The van der Waals surface area contributed by atoms with Gasteiger partial charge in [-0.15, -0.1) is 11.3 Å². The van der Waals surface area contributed by atoms with Crippen molar-refractivity contribution in [3.63, 3.8) is 0 Å². The number of ether oxygens (including phenoxy) is 3. The Balaban J connectivity index is 0.00000532. The fourth-order valence-electron chi connectivity index (χ4n) is 5.98. The molecule has 0 spiro atoms. The third-order valence-corrected chi connectivity index (χ3v) is 10.3. The minimum absolute atomic E-state index is 0.0159. The molecule has 8 nitrogen and oxygen atoms in total. The number of halogens is 6. The van der Waals surface area contributed by atoms with Crippen LogP contribution < -0.4 is 0 Å². The maximum Gasteiger partial charge on any atom is 0.411 e. The Labute approximate surface area is 331 Å². The molecule has 15 heteroatoms. The van der Waals surface area contributed by atoms with Gasteiger partial charge in [-0.1, -0.05) is 62.8 Å². The number of carbonyl (C=O) groups is 2. The fraction of sp³-hybridized carbons (Fsp3) is 0.537. The van der Waals surface area contributed by atoms with E-state index in [1.165, 1.54) is 50.6 Å². The van der Waals surface area contributed by atoms with Crippen molar-refractivity contribution in [1.82, 2.24) is 9.80 Å². The highest BCUT2D eigenvalue weighted by molar-refractivity contribution is 7.15. The summed E-state index contributed by atoms with van der Waals surface area (Å²) in [4.78, 5) is 35.3. The number of aliphatic imine (C=N–C) groups is 1. The highest BCUT2D eigenvalue weighted by Crippen LogP contribution is 2.38. The third-order valence-electron chi connectivity index (χ3n) is 9.03. The average Bonchev–Trinajstić information content (AvgIpc) is 3.64. The van der Waals surface area contributed by atoms with E-state index in [1.54, 1.807) is 19.1 Å². The molecule has 0 bridgehead atoms. The monoisotopic (exact) mass is 815 g/mol. The van der Waals surface area contributed by atoms with Crippen molar-refractivity contribution >= 4 is 34.7 Å². The number of amides is 1. The lowest BCUT2D eigenvalue weighted by molar-refractivity contribution is -0.163. The molecule has 2 aliphatic rings. The fourth-order valence-corrected chi connectivity index (χ4v) is 7.08. The largest absolute Gasteiger partial charge is 0.504 e. The van der Waals surface area contributed by atoms with Crippen molar-refractivity contribution < 1.29 is 50.1 Å². The van der Waals surface area contributed by atoms with E-state index in [-0.39, 0.29) is 17.7 Å². The van der Waals surface area contributed by atoms with Gasteiger partial charge in [-0.3, -0.25) is 14.8 Å². The Bertz CT molecular complexity index is 1680. The Morgan fingerprint density at radius 2 is 1.82 bits per heavy atom. The topological polar surface area (TPSA) is 80.7 Å². The molecule has 3 unspecified atom stereocenters. The van der Waals surface area contributed by atoms with Gasteiger partial charge in [0.25, 0.3) is 0 Å². The first kappa shape index (κ1) is 48.0. The van der Waals surface area contributed by atoms with E-state index in [0.717, 1.165) is 47.7 Å². The zero-order valence-electron chi connectivity index (χ0n) is 33.6. The molecular formula is C41H55F6N3O5S. The van der Waals surface area contributed by atoms with Gasteiger partial charge in [-0.2, -0.15) is 26.3 Å². The summed E-state index contributed by atoms with van der Waals surface area (Å²) in [7, 11) is 2.84. The number of likely N-dealkylation sites (tertiary alicyclic amines) is 1. The predicted molar refractivity (Wildman–Crippen MR) is 211 cm³/mol. The number of nitrogens with zero attached hydrogens (tertiary/aromatic N) is 3. The second-order valence-corrected chi connectivity index (χ2v) is 14.1. The molecule has 312 valence electrons. The molecule has 3 rings (SSSR count). The Kier molecular flexibility index (Phi) is 19.4. The Morgan fingerprint density at radius 1 is 1.14 bits per heavy atom. The van der Waals surface area contributed by atoms with E-state index >= 15 is 0 Å². The molecule has 0 saturated carbocycles. The number of cyclic esters (lactones) is 1. The number of aryl methyl sites for hydroxylation is 1. The molecule has 0 aliphatic carbocycles. The van der Waals surface area contributed by atoms with Crippen LogP contribution in [0.4, 0.5) is 31.1 Å². The summed E-state index contributed by atoms with van der Waals surface area (Å²) in [5, 5.41) is 0. The average molecular weight is 816 g/mol. The van der Waals surface area contributed by atoms with Gasteiger partial charge >= 0.3 is 24.4 Å². The maximum atomic E-state index is 14.1. The predicted octanol–water partition coefficient (Wildman–Crippen LogP) is 11.0. The van der Waals surface area contributed by atoms with Gasteiger partial charge in [0.15, 0.2) is 0 Å². The van der Waals surface area contributed by atoms with Crippen LogP contribution in [0.15, 0.2) is 76.6 Å². The summed E-state index contributed by atoms with van der Waals surface area (Å²) >= 11 is 1.27. The smallest absolute Gasteiger partial charge is 0.411 e. The number of rotatable bonds is 17. The lowest BCUT2D eigenvalue weighted by Crippen LogP contribution is -2.40. The van der Waals surface area contributed by atoms with Crippen LogP contribution in [0, 0.1) is 12.8 Å². The number of hydrogen-bond donors (Lipinski definition) is 0. The maximum absolute atomic E-state index is 14.1. The van der Waals surface area contributed by atoms with Gasteiger partial charge in [-0.05, 0) is 81.4 Å². The third kappa shape index (κ3) is 14.4. The number of methoxy groups -OCH3 is 2. The molecule has 1 aromatic heterocycles. The summed E-state index contributed by atoms with van der Waals surface area (Å²) in [5.41, 5.74) is 2.57. The van der Waals surface area contributed by atoms with Gasteiger partial charge < -0.3 is 14.2 Å². The van der Waals surface area contributed by atoms with E-state index in [1.807, 2.05) is 52.0 Å². The normalized spacial score (nSPS) is 19.9. The van der Waals surface area contributed by atoms with E-state index < -0.39 is 55.3 Å². The molecule has 2 fully saturated rings. The molecule has 2 saturated heterocycles. The zero-order chi connectivity index (χ0) is 42.2. The van der Waals surface area contributed by atoms with Crippen molar-refractivity contribution in [1.29, 1.82) is 0 Å².